The number of aryl methyl sites for hydroxylation is 3. The Morgan fingerprint density at radius 2 is 1.80 bits per heavy atom. The fourth-order valence-electron chi connectivity index (χ4n) is 2.71. The molecular weight excluding hydrogens is 254 g/mol. The molecule has 2 N–H and O–H groups in total. The van der Waals surface area contributed by atoms with E-state index < -0.39 is 5.97 Å². The number of benzene rings is 1. The lowest BCUT2D eigenvalue weighted by Crippen LogP contribution is -2.46. The molecule has 0 saturated heterocycles. The Morgan fingerprint density at radius 3 is 2.35 bits per heavy atom. The van der Waals surface area contributed by atoms with Crippen LogP contribution in [-0.4, -0.2) is 23.0 Å². The molecule has 1 fully saturated rings. The van der Waals surface area contributed by atoms with E-state index in [1.54, 1.807) is 0 Å². The maximum atomic E-state index is 11.8. The molecule has 0 spiro atoms. The number of carbonyl (C=O) groups is 2. The molecule has 0 unspecified atom stereocenters. The van der Waals surface area contributed by atoms with Crippen LogP contribution in [0.5, 0.6) is 0 Å². The van der Waals surface area contributed by atoms with Crippen molar-refractivity contribution >= 4 is 11.9 Å². The quantitative estimate of drug-likeness (QED) is 0.866. The van der Waals surface area contributed by atoms with Gasteiger partial charge in [-0.3, -0.25) is 9.59 Å². The van der Waals surface area contributed by atoms with E-state index in [4.69, 9.17) is 5.11 Å². The molecule has 0 bridgehead atoms. The molecule has 0 atom stereocenters. The molecule has 20 heavy (non-hydrogen) atoms. The standard InChI is InChI=1S/C16H21NO3/c1-10-5-11(2)7-12(6-10)3-4-15(18)17-14-8-13(9-14)16(19)20/h5-7,13-14H,3-4,8-9H2,1-2H3,(H,17,18)(H,19,20). The van der Waals surface area contributed by atoms with Gasteiger partial charge >= 0.3 is 5.97 Å². The second-order valence-electron chi connectivity index (χ2n) is 5.77. The van der Waals surface area contributed by atoms with E-state index in [0.717, 1.165) is 6.42 Å². The zero-order valence-corrected chi connectivity index (χ0v) is 12.0. The smallest absolute Gasteiger partial charge is 0.306 e. The van der Waals surface area contributed by atoms with Gasteiger partial charge in [0.25, 0.3) is 0 Å². The average molecular weight is 275 g/mol. The van der Waals surface area contributed by atoms with Crippen LogP contribution in [0.15, 0.2) is 18.2 Å². The van der Waals surface area contributed by atoms with Crippen LogP contribution in [0.25, 0.3) is 0 Å². The van der Waals surface area contributed by atoms with Crippen LogP contribution in [0.1, 0.15) is 36.0 Å². The summed E-state index contributed by atoms with van der Waals surface area (Å²) in [5.41, 5.74) is 3.60. The van der Waals surface area contributed by atoms with E-state index in [0.29, 0.717) is 19.3 Å². The van der Waals surface area contributed by atoms with Crippen molar-refractivity contribution < 1.29 is 14.7 Å². The van der Waals surface area contributed by atoms with Gasteiger partial charge in [0.1, 0.15) is 0 Å². The Kier molecular flexibility index (Phi) is 4.42. The highest BCUT2D eigenvalue weighted by Crippen LogP contribution is 2.27. The zero-order chi connectivity index (χ0) is 14.7. The van der Waals surface area contributed by atoms with Crippen molar-refractivity contribution in [3.63, 3.8) is 0 Å². The van der Waals surface area contributed by atoms with Crippen LogP contribution in [0.4, 0.5) is 0 Å². The summed E-state index contributed by atoms with van der Waals surface area (Å²) >= 11 is 0. The van der Waals surface area contributed by atoms with Crippen LogP contribution in [0, 0.1) is 19.8 Å². The highest BCUT2D eigenvalue weighted by Gasteiger charge is 2.34. The van der Waals surface area contributed by atoms with Gasteiger partial charge in [0.05, 0.1) is 5.92 Å². The molecular formula is C16H21NO3. The van der Waals surface area contributed by atoms with Gasteiger partial charge in [-0.25, -0.2) is 0 Å². The summed E-state index contributed by atoms with van der Waals surface area (Å²) in [5, 5.41) is 11.7. The summed E-state index contributed by atoms with van der Waals surface area (Å²) in [7, 11) is 0. The molecule has 1 aliphatic rings. The minimum atomic E-state index is -0.759. The monoisotopic (exact) mass is 275 g/mol. The van der Waals surface area contributed by atoms with Gasteiger partial charge in [-0.1, -0.05) is 29.3 Å². The second kappa shape index (κ2) is 6.07. The minimum absolute atomic E-state index is 0.0120. The molecule has 1 aliphatic carbocycles. The number of aliphatic carboxylic acids is 1. The summed E-state index contributed by atoms with van der Waals surface area (Å²) in [4.78, 5) is 22.5. The fraction of sp³-hybridized carbons (Fsp3) is 0.500. The first-order valence-electron chi connectivity index (χ1n) is 7.03. The third kappa shape index (κ3) is 3.83. The fourth-order valence-corrected chi connectivity index (χ4v) is 2.71. The van der Waals surface area contributed by atoms with Gasteiger partial charge in [-0.2, -0.15) is 0 Å². The van der Waals surface area contributed by atoms with Crippen LogP contribution in [0.2, 0.25) is 0 Å². The molecule has 1 saturated carbocycles. The van der Waals surface area contributed by atoms with Crippen molar-refractivity contribution in [2.45, 2.75) is 45.6 Å². The molecule has 1 aromatic carbocycles. The first kappa shape index (κ1) is 14.6. The van der Waals surface area contributed by atoms with Gasteiger partial charge in [0, 0.05) is 12.5 Å². The molecule has 0 heterocycles. The number of nitrogens with one attached hydrogen (secondary N) is 1. The van der Waals surface area contributed by atoms with E-state index in [-0.39, 0.29) is 17.9 Å². The molecule has 0 radical (unpaired) electrons. The molecule has 4 nitrogen and oxygen atoms in total. The van der Waals surface area contributed by atoms with Gasteiger partial charge in [0.15, 0.2) is 0 Å². The first-order chi connectivity index (χ1) is 9.44. The highest BCUT2D eigenvalue weighted by molar-refractivity contribution is 5.77. The Bertz CT molecular complexity index is 498. The normalized spacial score (nSPS) is 21.1. The Morgan fingerprint density at radius 1 is 1.20 bits per heavy atom. The molecule has 4 heteroatoms. The molecule has 1 aromatic rings. The number of amides is 1. The second-order valence-corrected chi connectivity index (χ2v) is 5.77. The summed E-state index contributed by atoms with van der Waals surface area (Å²) in [6, 6.07) is 6.36. The van der Waals surface area contributed by atoms with Gasteiger partial charge in [0.2, 0.25) is 5.91 Å². The van der Waals surface area contributed by atoms with Crippen molar-refractivity contribution in [3.8, 4) is 0 Å². The SMILES string of the molecule is Cc1cc(C)cc(CCC(=O)NC2CC(C(=O)O)C2)c1. The number of carboxylic acid groups (broad SMARTS) is 1. The van der Waals surface area contributed by atoms with Crippen molar-refractivity contribution in [1.29, 1.82) is 0 Å². The van der Waals surface area contributed by atoms with Crippen LogP contribution in [-0.2, 0) is 16.0 Å². The number of carbonyl (C=O) groups excluding carboxylic acids is 1. The molecule has 2 rings (SSSR count). The Balaban J connectivity index is 1.74. The van der Waals surface area contributed by atoms with Crippen molar-refractivity contribution in [3.05, 3.63) is 34.9 Å². The lowest BCUT2D eigenvalue weighted by molar-refractivity contribution is -0.146. The Labute approximate surface area is 119 Å². The van der Waals surface area contributed by atoms with Crippen LogP contribution < -0.4 is 5.32 Å². The third-order valence-electron chi connectivity index (χ3n) is 3.77. The number of carboxylic acids is 1. The van der Waals surface area contributed by atoms with E-state index >= 15 is 0 Å². The predicted octanol–water partition coefficient (Wildman–Crippen LogP) is 2.22. The maximum Gasteiger partial charge on any atom is 0.306 e. The van der Waals surface area contributed by atoms with E-state index in [9.17, 15) is 9.59 Å². The molecule has 0 aliphatic heterocycles. The van der Waals surface area contributed by atoms with Crippen LogP contribution >= 0.6 is 0 Å². The highest BCUT2D eigenvalue weighted by atomic mass is 16.4. The maximum absolute atomic E-state index is 11.8. The first-order valence-corrected chi connectivity index (χ1v) is 7.03. The zero-order valence-electron chi connectivity index (χ0n) is 12.0. The van der Waals surface area contributed by atoms with E-state index in [2.05, 4.69) is 37.4 Å². The lowest BCUT2D eigenvalue weighted by Gasteiger charge is -2.32. The minimum Gasteiger partial charge on any atom is -0.481 e. The van der Waals surface area contributed by atoms with E-state index in [1.165, 1.54) is 16.7 Å². The third-order valence-corrected chi connectivity index (χ3v) is 3.77. The number of rotatable bonds is 5. The largest absolute Gasteiger partial charge is 0.481 e. The van der Waals surface area contributed by atoms with Gasteiger partial charge in [-0.05, 0) is 38.7 Å². The van der Waals surface area contributed by atoms with E-state index in [1.807, 2.05) is 0 Å². The Hall–Kier alpha value is -1.84. The number of hydrogen-bond acceptors (Lipinski definition) is 2. The summed E-state index contributed by atoms with van der Waals surface area (Å²) in [5.74, 6) is -1.02. The topological polar surface area (TPSA) is 66.4 Å². The molecule has 1 amide bonds. The van der Waals surface area contributed by atoms with Crippen LogP contribution in [0.3, 0.4) is 0 Å². The van der Waals surface area contributed by atoms with Crippen molar-refractivity contribution in [1.82, 2.24) is 5.32 Å². The summed E-state index contributed by atoms with van der Waals surface area (Å²) in [6.45, 7) is 4.11. The van der Waals surface area contributed by atoms with Gasteiger partial charge < -0.3 is 10.4 Å². The lowest BCUT2D eigenvalue weighted by atomic mass is 9.80. The molecule has 0 aromatic heterocycles. The molecule has 108 valence electrons. The number of hydrogen-bond donors (Lipinski definition) is 2. The van der Waals surface area contributed by atoms with Crippen molar-refractivity contribution in [2.75, 3.05) is 0 Å². The summed E-state index contributed by atoms with van der Waals surface area (Å²) in [6.07, 6.45) is 2.30. The summed E-state index contributed by atoms with van der Waals surface area (Å²) < 4.78 is 0. The van der Waals surface area contributed by atoms with Gasteiger partial charge in [-0.15, -0.1) is 0 Å². The van der Waals surface area contributed by atoms with Crippen molar-refractivity contribution in [2.24, 2.45) is 5.92 Å². The average Bonchev–Trinajstić information content (AvgIpc) is 2.29. The predicted molar refractivity (Wildman–Crippen MR) is 76.5 cm³/mol.